The minimum atomic E-state index is 0.0808. The largest absolute Gasteiger partial charge is 0.371 e. The summed E-state index contributed by atoms with van der Waals surface area (Å²) in [6.45, 7) is 3.59. The molecule has 16 heavy (non-hydrogen) atoms. The summed E-state index contributed by atoms with van der Waals surface area (Å²) in [5.41, 5.74) is 1.11. The van der Waals surface area contributed by atoms with Gasteiger partial charge in [0.1, 0.15) is 6.10 Å². The number of halogens is 2. The van der Waals surface area contributed by atoms with E-state index in [4.69, 9.17) is 21.1 Å². The molecule has 88 valence electrons. The van der Waals surface area contributed by atoms with E-state index in [1.54, 1.807) is 0 Å². The van der Waals surface area contributed by atoms with E-state index < -0.39 is 0 Å². The van der Waals surface area contributed by atoms with Crippen LogP contribution in [0.25, 0.3) is 0 Å². The Hall–Kier alpha value is -0.0900. The van der Waals surface area contributed by atoms with Gasteiger partial charge in [-0.05, 0) is 30.2 Å². The lowest BCUT2D eigenvalue weighted by atomic mass is 10.1. The van der Waals surface area contributed by atoms with Crippen LogP contribution in [0.15, 0.2) is 22.7 Å². The van der Waals surface area contributed by atoms with Crippen molar-refractivity contribution in [3.8, 4) is 0 Å². The third-order valence-corrected chi connectivity index (χ3v) is 3.52. The zero-order chi connectivity index (χ0) is 11.5. The van der Waals surface area contributed by atoms with Crippen molar-refractivity contribution >= 4 is 27.5 Å². The van der Waals surface area contributed by atoms with Gasteiger partial charge in [-0.1, -0.05) is 34.5 Å². The molecule has 0 N–H and O–H groups in total. The highest BCUT2D eigenvalue weighted by Gasteiger charge is 2.24. The zero-order valence-corrected chi connectivity index (χ0v) is 11.4. The first kappa shape index (κ1) is 12.4. The molecule has 1 aliphatic rings. The third kappa shape index (κ3) is 3.20. The fraction of sp³-hybridized carbons (Fsp3) is 0.500. The molecule has 1 fully saturated rings. The number of ether oxygens (including phenoxy) is 2. The summed E-state index contributed by atoms with van der Waals surface area (Å²) in [5.74, 6) is 0. The molecule has 4 heteroatoms. The Morgan fingerprint density at radius 1 is 1.62 bits per heavy atom. The molecule has 0 unspecified atom stereocenters. The van der Waals surface area contributed by atoms with Gasteiger partial charge in [0.05, 0.1) is 19.3 Å². The second-order valence-electron chi connectivity index (χ2n) is 3.85. The van der Waals surface area contributed by atoms with Gasteiger partial charge in [-0.25, -0.2) is 0 Å². The van der Waals surface area contributed by atoms with E-state index in [-0.39, 0.29) is 6.10 Å². The van der Waals surface area contributed by atoms with Gasteiger partial charge in [0.2, 0.25) is 0 Å². The normalized spacial score (nSPS) is 20.8. The molecule has 0 spiro atoms. The highest BCUT2D eigenvalue weighted by Crippen LogP contribution is 2.31. The van der Waals surface area contributed by atoms with Crippen molar-refractivity contribution in [2.75, 3.05) is 13.2 Å². The van der Waals surface area contributed by atoms with E-state index in [9.17, 15) is 0 Å². The molecule has 0 aromatic heterocycles. The summed E-state index contributed by atoms with van der Waals surface area (Å²) < 4.78 is 12.0. The average Bonchev–Trinajstić information content (AvgIpc) is 3.07. The molecule has 0 radical (unpaired) electrons. The van der Waals surface area contributed by atoms with Crippen molar-refractivity contribution < 1.29 is 9.47 Å². The van der Waals surface area contributed by atoms with E-state index >= 15 is 0 Å². The summed E-state index contributed by atoms with van der Waals surface area (Å²) in [7, 11) is 0. The highest BCUT2D eigenvalue weighted by molar-refractivity contribution is 9.10. The van der Waals surface area contributed by atoms with Gasteiger partial charge in [-0.2, -0.15) is 0 Å². The molecular weight excluding hydrogens is 291 g/mol. The van der Waals surface area contributed by atoms with Crippen LogP contribution in [-0.4, -0.2) is 19.3 Å². The zero-order valence-electron chi connectivity index (χ0n) is 9.08. The number of hydrogen-bond acceptors (Lipinski definition) is 2. The van der Waals surface area contributed by atoms with Gasteiger partial charge in [0, 0.05) is 9.50 Å². The molecule has 2 nitrogen and oxygen atoms in total. The van der Waals surface area contributed by atoms with Crippen molar-refractivity contribution in [2.45, 2.75) is 25.6 Å². The molecule has 1 aliphatic heterocycles. The van der Waals surface area contributed by atoms with Crippen LogP contribution in [0.5, 0.6) is 0 Å². The van der Waals surface area contributed by atoms with E-state index in [1.165, 1.54) is 0 Å². The molecule has 0 bridgehead atoms. The molecular formula is C12H14BrClO2. The maximum atomic E-state index is 5.99. The SMILES string of the molecule is CC[C@@H](OC[C@H]1CO1)c1cc(Cl)ccc1Br. The molecule has 0 aliphatic carbocycles. The van der Waals surface area contributed by atoms with Crippen molar-refractivity contribution in [2.24, 2.45) is 0 Å². The Morgan fingerprint density at radius 3 is 3.00 bits per heavy atom. The Kier molecular flexibility index (Phi) is 4.25. The number of epoxide rings is 1. The van der Waals surface area contributed by atoms with Gasteiger partial charge in [-0.15, -0.1) is 0 Å². The fourth-order valence-corrected chi connectivity index (χ4v) is 2.26. The van der Waals surface area contributed by atoms with Crippen LogP contribution in [0.4, 0.5) is 0 Å². The van der Waals surface area contributed by atoms with Gasteiger partial charge in [0.15, 0.2) is 0 Å². The van der Waals surface area contributed by atoms with Crippen molar-refractivity contribution in [3.05, 3.63) is 33.3 Å². The molecule has 1 aromatic carbocycles. The third-order valence-electron chi connectivity index (χ3n) is 2.56. The Labute approximate surface area is 109 Å². The first-order valence-electron chi connectivity index (χ1n) is 5.39. The number of hydrogen-bond donors (Lipinski definition) is 0. The van der Waals surface area contributed by atoms with Gasteiger partial charge in [-0.3, -0.25) is 0 Å². The van der Waals surface area contributed by atoms with E-state index in [1.807, 2.05) is 18.2 Å². The van der Waals surface area contributed by atoms with Crippen LogP contribution in [0.1, 0.15) is 25.0 Å². The molecule has 2 rings (SSSR count). The Morgan fingerprint density at radius 2 is 2.38 bits per heavy atom. The van der Waals surface area contributed by atoms with Crippen molar-refractivity contribution in [3.63, 3.8) is 0 Å². The highest BCUT2D eigenvalue weighted by atomic mass is 79.9. The second kappa shape index (κ2) is 5.50. The van der Waals surface area contributed by atoms with E-state index in [2.05, 4.69) is 22.9 Å². The first-order valence-corrected chi connectivity index (χ1v) is 6.56. The first-order chi connectivity index (χ1) is 7.70. The molecule has 1 heterocycles. The number of rotatable bonds is 5. The van der Waals surface area contributed by atoms with Crippen LogP contribution in [0, 0.1) is 0 Å². The van der Waals surface area contributed by atoms with Crippen LogP contribution >= 0.6 is 27.5 Å². The lowest BCUT2D eigenvalue weighted by Gasteiger charge is -2.17. The second-order valence-corrected chi connectivity index (χ2v) is 5.14. The van der Waals surface area contributed by atoms with E-state index in [0.29, 0.717) is 12.7 Å². The summed E-state index contributed by atoms with van der Waals surface area (Å²) in [5, 5.41) is 0.739. The average molecular weight is 306 g/mol. The topological polar surface area (TPSA) is 21.8 Å². The molecule has 0 saturated carbocycles. The van der Waals surface area contributed by atoms with Crippen LogP contribution in [-0.2, 0) is 9.47 Å². The van der Waals surface area contributed by atoms with E-state index in [0.717, 1.165) is 28.1 Å². The van der Waals surface area contributed by atoms with Crippen LogP contribution < -0.4 is 0 Å². The molecule has 1 saturated heterocycles. The fourth-order valence-electron chi connectivity index (χ4n) is 1.58. The van der Waals surface area contributed by atoms with Gasteiger partial charge >= 0.3 is 0 Å². The minimum absolute atomic E-state index is 0.0808. The maximum absolute atomic E-state index is 5.99. The predicted octanol–water partition coefficient (Wildman–Crippen LogP) is 3.97. The van der Waals surface area contributed by atoms with Crippen LogP contribution in [0.3, 0.4) is 0 Å². The summed E-state index contributed by atoms with van der Waals surface area (Å²) in [6.07, 6.45) is 1.30. The Balaban J connectivity index is 2.07. The lowest BCUT2D eigenvalue weighted by molar-refractivity contribution is 0.0390. The summed E-state index contributed by atoms with van der Waals surface area (Å²) in [4.78, 5) is 0. The summed E-state index contributed by atoms with van der Waals surface area (Å²) in [6, 6.07) is 5.77. The quantitative estimate of drug-likeness (QED) is 0.768. The van der Waals surface area contributed by atoms with Crippen molar-refractivity contribution in [1.29, 1.82) is 0 Å². The lowest BCUT2D eigenvalue weighted by Crippen LogP contribution is -2.09. The molecule has 1 aromatic rings. The smallest absolute Gasteiger partial charge is 0.104 e. The predicted molar refractivity (Wildman–Crippen MR) is 67.9 cm³/mol. The standard InChI is InChI=1S/C12H14BrClO2/c1-2-12(16-7-9-6-15-9)10-5-8(14)3-4-11(10)13/h3-5,9,12H,2,6-7H2,1H3/t9-,12-/m1/s1. The minimum Gasteiger partial charge on any atom is -0.371 e. The monoisotopic (exact) mass is 304 g/mol. The molecule has 0 amide bonds. The van der Waals surface area contributed by atoms with Gasteiger partial charge in [0.25, 0.3) is 0 Å². The molecule has 2 atom stereocenters. The number of benzene rings is 1. The van der Waals surface area contributed by atoms with Crippen molar-refractivity contribution in [1.82, 2.24) is 0 Å². The van der Waals surface area contributed by atoms with Gasteiger partial charge < -0.3 is 9.47 Å². The maximum Gasteiger partial charge on any atom is 0.104 e. The summed E-state index contributed by atoms with van der Waals surface area (Å²) >= 11 is 9.52. The Bertz CT molecular complexity index is 366. The van der Waals surface area contributed by atoms with Crippen LogP contribution in [0.2, 0.25) is 5.02 Å².